The maximum atomic E-state index is 5.59. The molecule has 2 aromatic rings. The van der Waals surface area contributed by atoms with Crippen LogP contribution in [0.25, 0.3) is 10.9 Å². The molecule has 0 saturated heterocycles. The van der Waals surface area contributed by atoms with Crippen molar-refractivity contribution in [3.05, 3.63) is 24.3 Å². The van der Waals surface area contributed by atoms with Gasteiger partial charge in [-0.15, -0.1) is 12.3 Å². The third kappa shape index (κ3) is 2.04. The highest BCUT2D eigenvalue weighted by Gasteiger charge is 2.05. The molecule has 2 N–H and O–H groups in total. The Bertz CT molecular complexity index is 545. The summed E-state index contributed by atoms with van der Waals surface area (Å²) in [4.78, 5) is 8.16. The Morgan fingerprint density at radius 1 is 1.31 bits per heavy atom. The van der Waals surface area contributed by atoms with Gasteiger partial charge in [-0.05, 0) is 12.1 Å². The summed E-state index contributed by atoms with van der Waals surface area (Å²) in [7, 11) is 0. The molecular weight excluding hydrogens is 202 g/mol. The number of fused-ring (bicyclic) bond motifs is 1. The zero-order chi connectivity index (χ0) is 11.4. The second-order valence-corrected chi connectivity index (χ2v) is 3.21. The van der Waals surface area contributed by atoms with E-state index in [0.29, 0.717) is 18.9 Å². The molecule has 0 spiro atoms. The normalized spacial score (nSPS) is 9.94. The van der Waals surface area contributed by atoms with Crippen molar-refractivity contribution in [1.82, 2.24) is 9.97 Å². The minimum absolute atomic E-state index is 0.203. The van der Waals surface area contributed by atoms with Crippen LogP contribution < -0.4 is 10.5 Å². The Hall–Kier alpha value is -2.28. The van der Waals surface area contributed by atoms with Crippen LogP contribution in [0.3, 0.4) is 0 Å². The number of benzene rings is 1. The van der Waals surface area contributed by atoms with Crippen LogP contribution >= 0.6 is 0 Å². The van der Waals surface area contributed by atoms with Crippen molar-refractivity contribution >= 4 is 16.9 Å². The van der Waals surface area contributed by atoms with Crippen molar-refractivity contribution in [2.75, 3.05) is 12.3 Å². The molecule has 4 nitrogen and oxygen atoms in total. The number of nitrogen functional groups attached to an aromatic ring is 1. The first-order valence-corrected chi connectivity index (χ1v) is 4.90. The van der Waals surface area contributed by atoms with Crippen LogP contribution in [0.15, 0.2) is 24.3 Å². The van der Waals surface area contributed by atoms with Crippen molar-refractivity contribution in [2.24, 2.45) is 0 Å². The minimum atomic E-state index is 0.203. The molecule has 0 radical (unpaired) electrons. The number of nitrogens with two attached hydrogens (primary N) is 1. The quantitative estimate of drug-likeness (QED) is 0.621. The molecule has 1 heterocycles. The Morgan fingerprint density at radius 2 is 2.12 bits per heavy atom. The van der Waals surface area contributed by atoms with Gasteiger partial charge in [0.15, 0.2) is 0 Å². The van der Waals surface area contributed by atoms with E-state index in [1.54, 1.807) is 0 Å². The first-order chi connectivity index (χ1) is 7.81. The van der Waals surface area contributed by atoms with E-state index in [1.165, 1.54) is 0 Å². The second kappa shape index (κ2) is 4.49. The maximum Gasteiger partial charge on any atom is 0.226 e. The number of terminal acetylenes is 1. The van der Waals surface area contributed by atoms with Gasteiger partial charge in [-0.25, -0.2) is 4.98 Å². The first kappa shape index (κ1) is 10.2. The first-order valence-electron chi connectivity index (χ1n) is 4.90. The van der Waals surface area contributed by atoms with E-state index in [0.717, 1.165) is 10.9 Å². The van der Waals surface area contributed by atoms with Crippen LogP contribution in [0.5, 0.6) is 5.88 Å². The van der Waals surface area contributed by atoms with Crippen molar-refractivity contribution < 1.29 is 4.74 Å². The number of hydrogen-bond acceptors (Lipinski definition) is 4. The van der Waals surface area contributed by atoms with E-state index >= 15 is 0 Å². The lowest BCUT2D eigenvalue weighted by molar-refractivity contribution is 0.319. The molecule has 0 amide bonds. The van der Waals surface area contributed by atoms with Crippen LogP contribution in [-0.2, 0) is 0 Å². The van der Waals surface area contributed by atoms with E-state index in [1.807, 2.05) is 24.3 Å². The SMILES string of the molecule is C#CCCOc1nc(N)nc2ccccc12. The average molecular weight is 213 g/mol. The lowest BCUT2D eigenvalue weighted by Gasteiger charge is -2.07. The summed E-state index contributed by atoms with van der Waals surface area (Å²) < 4.78 is 5.47. The smallest absolute Gasteiger partial charge is 0.226 e. The van der Waals surface area contributed by atoms with Gasteiger partial charge in [0.25, 0.3) is 0 Å². The van der Waals surface area contributed by atoms with Crippen LogP contribution in [0.2, 0.25) is 0 Å². The molecule has 0 saturated carbocycles. The van der Waals surface area contributed by atoms with Gasteiger partial charge in [0.2, 0.25) is 11.8 Å². The monoisotopic (exact) mass is 213 g/mol. The Kier molecular flexibility index (Phi) is 2.88. The topological polar surface area (TPSA) is 61.0 Å². The summed E-state index contributed by atoms with van der Waals surface area (Å²) in [5.74, 6) is 3.19. The molecule has 16 heavy (non-hydrogen) atoms. The number of para-hydroxylation sites is 1. The number of nitrogens with zero attached hydrogens (tertiary/aromatic N) is 2. The lowest BCUT2D eigenvalue weighted by Crippen LogP contribution is -2.02. The fourth-order valence-corrected chi connectivity index (χ4v) is 1.38. The Balaban J connectivity index is 2.39. The molecule has 0 bridgehead atoms. The van der Waals surface area contributed by atoms with E-state index in [2.05, 4.69) is 15.9 Å². The summed E-state index contributed by atoms with van der Waals surface area (Å²) in [6, 6.07) is 7.54. The molecule has 0 aliphatic rings. The van der Waals surface area contributed by atoms with Gasteiger partial charge >= 0.3 is 0 Å². The number of rotatable bonds is 3. The number of anilines is 1. The van der Waals surface area contributed by atoms with Crippen LogP contribution in [0, 0.1) is 12.3 Å². The molecule has 1 aromatic heterocycles. The summed E-state index contributed by atoms with van der Waals surface area (Å²) in [5.41, 5.74) is 6.36. The highest BCUT2D eigenvalue weighted by Crippen LogP contribution is 2.22. The standard InChI is InChI=1S/C12H11N3O/c1-2-3-8-16-11-9-6-4-5-7-10(9)14-12(13)15-11/h1,4-7H,3,8H2,(H2,13,14,15). The molecule has 2 rings (SSSR count). The van der Waals surface area contributed by atoms with Crippen LogP contribution in [0.1, 0.15) is 6.42 Å². The number of aromatic nitrogens is 2. The second-order valence-electron chi connectivity index (χ2n) is 3.21. The summed E-state index contributed by atoms with van der Waals surface area (Å²) >= 11 is 0. The fraction of sp³-hybridized carbons (Fsp3) is 0.167. The van der Waals surface area contributed by atoms with Crippen LogP contribution in [0.4, 0.5) is 5.95 Å². The molecule has 0 unspecified atom stereocenters. The third-order valence-electron chi connectivity index (χ3n) is 2.07. The minimum Gasteiger partial charge on any atom is -0.476 e. The average Bonchev–Trinajstić information content (AvgIpc) is 2.29. The summed E-state index contributed by atoms with van der Waals surface area (Å²) in [6.45, 7) is 0.428. The Morgan fingerprint density at radius 3 is 2.94 bits per heavy atom. The maximum absolute atomic E-state index is 5.59. The molecule has 0 fully saturated rings. The number of ether oxygens (including phenoxy) is 1. The van der Waals surface area contributed by atoms with E-state index in [9.17, 15) is 0 Å². The van der Waals surface area contributed by atoms with Gasteiger partial charge in [-0.2, -0.15) is 4.98 Å². The third-order valence-corrected chi connectivity index (χ3v) is 2.07. The fourth-order valence-electron chi connectivity index (χ4n) is 1.38. The van der Waals surface area contributed by atoms with Gasteiger partial charge in [0.05, 0.1) is 10.9 Å². The molecule has 0 aliphatic carbocycles. The molecule has 0 atom stereocenters. The molecule has 80 valence electrons. The molecule has 0 aliphatic heterocycles. The van der Waals surface area contributed by atoms with Crippen molar-refractivity contribution in [3.8, 4) is 18.2 Å². The highest BCUT2D eigenvalue weighted by atomic mass is 16.5. The van der Waals surface area contributed by atoms with Crippen molar-refractivity contribution in [2.45, 2.75) is 6.42 Å². The van der Waals surface area contributed by atoms with Gasteiger partial charge in [0, 0.05) is 6.42 Å². The zero-order valence-corrected chi connectivity index (χ0v) is 8.68. The predicted octanol–water partition coefficient (Wildman–Crippen LogP) is 1.61. The molecule has 4 heteroatoms. The van der Waals surface area contributed by atoms with Gasteiger partial charge in [-0.1, -0.05) is 12.1 Å². The lowest BCUT2D eigenvalue weighted by atomic mass is 10.2. The Labute approximate surface area is 93.5 Å². The van der Waals surface area contributed by atoms with E-state index in [4.69, 9.17) is 16.9 Å². The summed E-state index contributed by atoms with van der Waals surface area (Å²) in [5, 5.41) is 0.841. The molecule has 1 aromatic carbocycles. The van der Waals surface area contributed by atoms with Crippen molar-refractivity contribution in [1.29, 1.82) is 0 Å². The highest BCUT2D eigenvalue weighted by molar-refractivity contribution is 5.84. The predicted molar refractivity (Wildman–Crippen MR) is 62.9 cm³/mol. The van der Waals surface area contributed by atoms with E-state index in [-0.39, 0.29) is 5.95 Å². The summed E-state index contributed by atoms with van der Waals surface area (Å²) in [6.07, 6.45) is 5.69. The van der Waals surface area contributed by atoms with E-state index < -0.39 is 0 Å². The van der Waals surface area contributed by atoms with Crippen molar-refractivity contribution in [3.63, 3.8) is 0 Å². The zero-order valence-electron chi connectivity index (χ0n) is 8.68. The molecular formula is C12H11N3O. The van der Waals surface area contributed by atoms with Gasteiger partial charge in [-0.3, -0.25) is 0 Å². The van der Waals surface area contributed by atoms with Crippen LogP contribution in [-0.4, -0.2) is 16.6 Å². The van der Waals surface area contributed by atoms with Gasteiger partial charge < -0.3 is 10.5 Å². The van der Waals surface area contributed by atoms with Gasteiger partial charge in [0.1, 0.15) is 6.61 Å². The largest absolute Gasteiger partial charge is 0.476 e. The number of hydrogen-bond donors (Lipinski definition) is 1.